The summed E-state index contributed by atoms with van der Waals surface area (Å²) in [6.07, 6.45) is 2.76. The van der Waals surface area contributed by atoms with Crippen molar-refractivity contribution >= 4 is 40.6 Å². The number of ether oxygens (including phenoxy) is 1. The van der Waals surface area contributed by atoms with Gasteiger partial charge in [-0.2, -0.15) is 10.4 Å². The van der Waals surface area contributed by atoms with E-state index in [2.05, 4.69) is 26.5 Å². The normalized spacial score (nSPS) is 15.2. The van der Waals surface area contributed by atoms with Crippen molar-refractivity contribution in [2.75, 3.05) is 25.1 Å². The Labute approximate surface area is 192 Å². The first-order valence-corrected chi connectivity index (χ1v) is 10.1. The minimum absolute atomic E-state index is 0. The number of methoxy groups -OCH3 is 1. The number of aromatic nitrogens is 2. The minimum Gasteiger partial charge on any atom is -0.495 e. The van der Waals surface area contributed by atoms with Crippen LogP contribution in [0.25, 0.3) is 10.8 Å². The molecule has 4 rings (SSSR count). The standard InChI is InChI=1S/C22H22ClN5O2.ClH/c1-30-20-5-3-16(11-19(20)23)13-25-22(29)6-8-28(9-7-22)21-18-4-2-15(12-24)10-17(18)14-26-27-21;/h2-5,10-11,14,25,29H,6-9,13H2,1H3;1H. The number of benzene rings is 2. The van der Waals surface area contributed by atoms with Gasteiger partial charge in [0.15, 0.2) is 5.82 Å². The summed E-state index contributed by atoms with van der Waals surface area (Å²) in [5.41, 5.74) is 0.608. The van der Waals surface area contributed by atoms with E-state index in [4.69, 9.17) is 21.6 Å². The molecule has 0 bridgehead atoms. The fourth-order valence-corrected chi connectivity index (χ4v) is 4.01. The Hall–Kier alpha value is -2.63. The molecule has 0 aliphatic carbocycles. The minimum atomic E-state index is -0.963. The second-order valence-corrected chi connectivity index (χ2v) is 7.83. The maximum atomic E-state index is 11.0. The molecule has 31 heavy (non-hydrogen) atoms. The number of halogens is 2. The van der Waals surface area contributed by atoms with Crippen LogP contribution in [0.2, 0.25) is 5.02 Å². The molecule has 0 radical (unpaired) electrons. The number of fused-ring (bicyclic) bond motifs is 1. The molecular formula is C22H23Cl2N5O2. The fraction of sp³-hybridized carbons (Fsp3) is 0.318. The van der Waals surface area contributed by atoms with Crippen molar-refractivity contribution in [3.05, 3.63) is 58.7 Å². The van der Waals surface area contributed by atoms with E-state index >= 15 is 0 Å². The topological polar surface area (TPSA) is 94.3 Å². The van der Waals surface area contributed by atoms with Crippen molar-refractivity contribution < 1.29 is 9.84 Å². The van der Waals surface area contributed by atoms with Gasteiger partial charge in [-0.05, 0) is 35.9 Å². The van der Waals surface area contributed by atoms with Gasteiger partial charge in [0.25, 0.3) is 0 Å². The van der Waals surface area contributed by atoms with Crippen LogP contribution in [-0.2, 0) is 6.54 Å². The van der Waals surface area contributed by atoms with E-state index in [1.54, 1.807) is 19.4 Å². The molecule has 7 nitrogen and oxygen atoms in total. The lowest BCUT2D eigenvalue weighted by atomic mass is 9.99. The van der Waals surface area contributed by atoms with Gasteiger partial charge in [-0.15, -0.1) is 17.5 Å². The number of nitrogens with one attached hydrogen (secondary N) is 1. The third-order valence-corrected chi connectivity index (χ3v) is 5.79. The van der Waals surface area contributed by atoms with Crippen LogP contribution in [0.15, 0.2) is 42.6 Å². The number of hydrogen-bond acceptors (Lipinski definition) is 7. The van der Waals surface area contributed by atoms with Gasteiger partial charge >= 0.3 is 0 Å². The lowest BCUT2D eigenvalue weighted by molar-refractivity contribution is -0.0187. The van der Waals surface area contributed by atoms with Crippen molar-refractivity contribution in [3.63, 3.8) is 0 Å². The predicted molar refractivity (Wildman–Crippen MR) is 123 cm³/mol. The summed E-state index contributed by atoms with van der Waals surface area (Å²) >= 11 is 6.19. The summed E-state index contributed by atoms with van der Waals surface area (Å²) < 4.78 is 5.18. The molecule has 1 aliphatic rings. The molecular weight excluding hydrogens is 437 g/mol. The zero-order valence-electron chi connectivity index (χ0n) is 17.0. The van der Waals surface area contributed by atoms with E-state index in [0.29, 0.717) is 48.8 Å². The Morgan fingerprint density at radius 2 is 2.03 bits per heavy atom. The van der Waals surface area contributed by atoms with Crippen molar-refractivity contribution in [2.45, 2.75) is 25.1 Å². The Balaban J connectivity index is 0.00000272. The highest BCUT2D eigenvalue weighted by atomic mass is 35.5. The average molecular weight is 460 g/mol. The molecule has 3 aromatic rings. The van der Waals surface area contributed by atoms with Gasteiger partial charge in [-0.3, -0.25) is 5.32 Å². The number of aliphatic hydroxyl groups is 1. The van der Waals surface area contributed by atoms with Gasteiger partial charge in [-0.1, -0.05) is 17.7 Å². The van der Waals surface area contributed by atoms with E-state index in [1.165, 1.54) is 0 Å². The quantitative estimate of drug-likeness (QED) is 0.562. The first kappa shape index (κ1) is 23.0. The van der Waals surface area contributed by atoms with E-state index in [1.807, 2.05) is 30.3 Å². The highest BCUT2D eigenvalue weighted by Crippen LogP contribution is 2.30. The lowest BCUT2D eigenvalue weighted by Crippen LogP contribution is -2.53. The van der Waals surface area contributed by atoms with E-state index in [0.717, 1.165) is 22.2 Å². The molecule has 162 valence electrons. The molecule has 2 N–H and O–H groups in total. The molecule has 0 unspecified atom stereocenters. The molecule has 2 heterocycles. The molecule has 2 aromatic carbocycles. The third-order valence-electron chi connectivity index (χ3n) is 5.50. The Morgan fingerprint density at radius 1 is 1.26 bits per heavy atom. The Kier molecular flexibility index (Phi) is 7.19. The highest BCUT2D eigenvalue weighted by Gasteiger charge is 2.32. The molecule has 0 amide bonds. The van der Waals surface area contributed by atoms with Crippen LogP contribution in [-0.4, -0.2) is 41.2 Å². The maximum Gasteiger partial charge on any atom is 0.159 e. The zero-order valence-corrected chi connectivity index (χ0v) is 18.6. The highest BCUT2D eigenvalue weighted by molar-refractivity contribution is 6.32. The van der Waals surface area contributed by atoms with Crippen LogP contribution in [0.1, 0.15) is 24.0 Å². The van der Waals surface area contributed by atoms with Gasteiger partial charge < -0.3 is 14.7 Å². The number of nitrogens with zero attached hydrogens (tertiary/aromatic N) is 4. The van der Waals surface area contributed by atoms with Crippen LogP contribution >= 0.6 is 24.0 Å². The molecule has 1 fully saturated rings. The second kappa shape index (κ2) is 9.67. The summed E-state index contributed by atoms with van der Waals surface area (Å²) in [6.45, 7) is 1.78. The van der Waals surface area contributed by atoms with Gasteiger partial charge in [0.05, 0.1) is 30.0 Å². The molecule has 0 spiro atoms. The van der Waals surface area contributed by atoms with Crippen LogP contribution < -0.4 is 15.0 Å². The molecule has 1 aliphatic heterocycles. The second-order valence-electron chi connectivity index (χ2n) is 7.42. The van der Waals surface area contributed by atoms with Gasteiger partial charge in [0.2, 0.25) is 0 Å². The Bertz CT molecular complexity index is 1110. The number of piperidine rings is 1. The van der Waals surface area contributed by atoms with Crippen LogP contribution in [0.4, 0.5) is 5.82 Å². The van der Waals surface area contributed by atoms with E-state index in [9.17, 15) is 5.11 Å². The molecule has 1 aromatic heterocycles. The molecule has 0 saturated carbocycles. The Morgan fingerprint density at radius 3 is 2.71 bits per heavy atom. The van der Waals surface area contributed by atoms with Gasteiger partial charge in [-0.25, -0.2) is 0 Å². The van der Waals surface area contributed by atoms with Gasteiger partial charge in [0, 0.05) is 43.2 Å². The number of anilines is 1. The summed E-state index contributed by atoms with van der Waals surface area (Å²) in [5.74, 6) is 1.41. The van der Waals surface area contributed by atoms with Crippen LogP contribution in [0, 0.1) is 11.3 Å². The predicted octanol–water partition coefficient (Wildman–Crippen LogP) is 3.66. The monoisotopic (exact) mass is 459 g/mol. The molecule has 9 heteroatoms. The van der Waals surface area contributed by atoms with E-state index in [-0.39, 0.29) is 12.4 Å². The van der Waals surface area contributed by atoms with E-state index < -0.39 is 5.72 Å². The number of hydrogen-bond donors (Lipinski definition) is 2. The third kappa shape index (κ3) is 5.00. The summed E-state index contributed by atoms with van der Waals surface area (Å²) in [5, 5.41) is 34.1. The summed E-state index contributed by atoms with van der Waals surface area (Å²) in [4.78, 5) is 2.13. The average Bonchev–Trinajstić information content (AvgIpc) is 2.77. The first-order chi connectivity index (χ1) is 14.5. The molecule has 1 saturated heterocycles. The summed E-state index contributed by atoms with van der Waals surface area (Å²) in [7, 11) is 1.58. The van der Waals surface area contributed by atoms with Crippen LogP contribution in [0.3, 0.4) is 0 Å². The smallest absolute Gasteiger partial charge is 0.159 e. The van der Waals surface area contributed by atoms with Crippen molar-refractivity contribution in [1.29, 1.82) is 5.26 Å². The first-order valence-electron chi connectivity index (χ1n) is 9.72. The SMILES string of the molecule is COc1ccc(CNC2(O)CCN(c3nncc4cc(C#N)ccc34)CC2)cc1Cl.Cl. The lowest BCUT2D eigenvalue weighted by Gasteiger charge is -2.39. The summed E-state index contributed by atoms with van der Waals surface area (Å²) in [6, 6.07) is 13.2. The molecule has 0 atom stereocenters. The van der Waals surface area contributed by atoms with Crippen molar-refractivity contribution in [3.8, 4) is 11.8 Å². The fourth-order valence-electron chi connectivity index (χ4n) is 3.73. The van der Waals surface area contributed by atoms with Crippen molar-refractivity contribution in [2.24, 2.45) is 0 Å². The van der Waals surface area contributed by atoms with Crippen LogP contribution in [0.5, 0.6) is 5.75 Å². The maximum absolute atomic E-state index is 11.0. The van der Waals surface area contributed by atoms with Crippen molar-refractivity contribution in [1.82, 2.24) is 15.5 Å². The largest absolute Gasteiger partial charge is 0.495 e. The van der Waals surface area contributed by atoms with Gasteiger partial charge in [0.1, 0.15) is 11.5 Å². The number of nitriles is 1. The zero-order chi connectivity index (χ0) is 21.1. The number of rotatable bonds is 5.